The van der Waals surface area contributed by atoms with Crippen LogP contribution in [-0.2, 0) is 10.2 Å². The summed E-state index contributed by atoms with van der Waals surface area (Å²) in [4.78, 5) is 6.81. The van der Waals surface area contributed by atoms with Crippen LogP contribution in [0.2, 0.25) is 0 Å². The Morgan fingerprint density at radius 2 is 1.96 bits per heavy atom. The third kappa shape index (κ3) is 3.69. The zero-order valence-electron chi connectivity index (χ0n) is 14.3. The molecular weight excluding hydrogens is 356 g/mol. The second-order valence-electron chi connectivity index (χ2n) is 6.71. The van der Waals surface area contributed by atoms with E-state index in [1.54, 1.807) is 0 Å². The maximum Gasteiger partial charge on any atom is 0.274 e. The average molecular weight is 378 g/mol. The number of hydrogen-bond acceptors (Lipinski definition) is 6. The van der Waals surface area contributed by atoms with Gasteiger partial charge in [-0.05, 0) is 37.3 Å². The fraction of sp³-hybridized carbons (Fsp3) is 0.471. The van der Waals surface area contributed by atoms with Gasteiger partial charge in [-0.15, -0.1) is 0 Å². The molecular formula is C17H22N4O4S. The fourth-order valence-corrected chi connectivity index (χ4v) is 4.07. The first-order valence-corrected chi connectivity index (χ1v) is 10.2. The van der Waals surface area contributed by atoms with Crippen molar-refractivity contribution in [3.63, 3.8) is 0 Å². The molecule has 0 bridgehead atoms. The molecule has 3 heterocycles. The Hall–Kier alpha value is -2.10. The number of rotatable bonds is 5. The van der Waals surface area contributed by atoms with Crippen molar-refractivity contribution in [2.45, 2.75) is 19.3 Å². The van der Waals surface area contributed by atoms with Gasteiger partial charge in [0.2, 0.25) is 6.79 Å². The Bertz CT molecular complexity index is 910. The molecule has 26 heavy (non-hydrogen) atoms. The topological polar surface area (TPSA) is 107 Å². The first-order valence-electron chi connectivity index (χ1n) is 8.70. The third-order valence-electron chi connectivity index (χ3n) is 5.02. The molecule has 140 valence electrons. The molecule has 0 spiro atoms. The molecule has 0 aliphatic carbocycles. The molecule has 2 aromatic rings. The quantitative estimate of drug-likeness (QED) is 0.814. The van der Waals surface area contributed by atoms with Crippen LogP contribution in [0.25, 0.3) is 10.9 Å². The van der Waals surface area contributed by atoms with Crippen LogP contribution in [0.15, 0.2) is 24.4 Å². The number of hydrogen-bond donors (Lipinski definition) is 2. The molecule has 4 rings (SSSR count). The van der Waals surface area contributed by atoms with E-state index < -0.39 is 10.2 Å². The van der Waals surface area contributed by atoms with Crippen LogP contribution in [0.1, 0.15) is 19.3 Å². The smallest absolute Gasteiger partial charge is 0.274 e. The Balaban J connectivity index is 1.45. The van der Waals surface area contributed by atoms with Crippen LogP contribution >= 0.6 is 0 Å². The van der Waals surface area contributed by atoms with Crippen LogP contribution in [0.5, 0.6) is 11.5 Å². The van der Waals surface area contributed by atoms with Crippen LogP contribution < -0.4 is 24.2 Å². The summed E-state index contributed by atoms with van der Waals surface area (Å²) in [6.45, 7) is 2.49. The largest absolute Gasteiger partial charge is 0.454 e. The summed E-state index contributed by atoms with van der Waals surface area (Å²) in [6.07, 6.45) is 4.66. The van der Waals surface area contributed by atoms with Gasteiger partial charge in [0.05, 0.1) is 5.52 Å². The van der Waals surface area contributed by atoms with Crippen LogP contribution in [0.4, 0.5) is 5.69 Å². The van der Waals surface area contributed by atoms with Crippen molar-refractivity contribution < 1.29 is 17.9 Å². The number of nitrogens with two attached hydrogens (primary N) is 1. The molecule has 3 N–H and O–H groups in total. The van der Waals surface area contributed by atoms with Crippen LogP contribution in [-0.4, -0.2) is 39.8 Å². The van der Waals surface area contributed by atoms with Crippen molar-refractivity contribution >= 4 is 26.8 Å². The second-order valence-corrected chi connectivity index (χ2v) is 8.09. The molecule has 0 unspecified atom stereocenters. The van der Waals surface area contributed by atoms with Crippen molar-refractivity contribution in [1.82, 2.24) is 9.71 Å². The van der Waals surface area contributed by atoms with E-state index in [2.05, 4.69) is 14.6 Å². The standard InChI is InChI=1S/C17H22N4O4S/c18-26(22,23)20-6-1-12-3-7-21(8-4-12)15-2-5-19-14-10-17-16(9-13(14)15)24-11-25-17/h2,5,9-10,12,20H,1,3-4,6-8,11H2,(H2,18,22,23). The second kappa shape index (κ2) is 6.90. The lowest BCUT2D eigenvalue weighted by Crippen LogP contribution is -2.36. The number of anilines is 1. The van der Waals surface area contributed by atoms with Crippen LogP contribution in [0, 0.1) is 5.92 Å². The molecule has 0 amide bonds. The number of piperidine rings is 1. The number of nitrogens with zero attached hydrogens (tertiary/aromatic N) is 2. The van der Waals surface area contributed by atoms with Gasteiger partial charge in [0.1, 0.15) is 0 Å². The van der Waals surface area contributed by atoms with Gasteiger partial charge in [-0.25, -0.2) is 9.86 Å². The number of fused-ring (bicyclic) bond motifs is 2. The highest BCUT2D eigenvalue weighted by Crippen LogP contribution is 2.39. The van der Waals surface area contributed by atoms with Crippen molar-refractivity contribution in [2.24, 2.45) is 11.1 Å². The van der Waals surface area contributed by atoms with Crippen molar-refractivity contribution in [3.05, 3.63) is 24.4 Å². The summed E-state index contributed by atoms with van der Waals surface area (Å²) in [5.74, 6) is 1.99. The van der Waals surface area contributed by atoms with E-state index in [9.17, 15) is 8.42 Å². The van der Waals surface area contributed by atoms with E-state index >= 15 is 0 Å². The molecule has 8 nitrogen and oxygen atoms in total. The van der Waals surface area contributed by atoms with E-state index in [0.717, 1.165) is 60.4 Å². The van der Waals surface area contributed by atoms with Gasteiger partial charge in [0.25, 0.3) is 10.2 Å². The molecule has 1 aromatic carbocycles. The maximum absolute atomic E-state index is 10.9. The highest BCUT2D eigenvalue weighted by atomic mass is 32.2. The van der Waals surface area contributed by atoms with Crippen molar-refractivity contribution in [1.29, 1.82) is 0 Å². The zero-order chi connectivity index (χ0) is 18.1. The molecule has 2 aliphatic rings. The van der Waals surface area contributed by atoms with E-state index in [-0.39, 0.29) is 6.79 Å². The summed E-state index contributed by atoms with van der Waals surface area (Å²) in [5.41, 5.74) is 2.04. The SMILES string of the molecule is NS(=O)(=O)NCCC1CCN(c2ccnc3cc4c(cc23)OCO4)CC1. The normalized spacial score (nSPS) is 17.8. The number of nitrogens with one attached hydrogen (secondary N) is 1. The summed E-state index contributed by atoms with van der Waals surface area (Å²) < 4.78 is 35.2. The summed E-state index contributed by atoms with van der Waals surface area (Å²) in [5, 5.41) is 6.03. The monoisotopic (exact) mass is 378 g/mol. The van der Waals surface area contributed by atoms with E-state index in [4.69, 9.17) is 14.6 Å². The summed E-state index contributed by atoms with van der Waals surface area (Å²) >= 11 is 0. The molecule has 2 aliphatic heterocycles. The summed E-state index contributed by atoms with van der Waals surface area (Å²) in [6, 6.07) is 5.96. The molecule has 1 aromatic heterocycles. The van der Waals surface area contributed by atoms with Gasteiger partial charge in [-0.3, -0.25) is 4.98 Å². The minimum absolute atomic E-state index is 0.249. The van der Waals surface area contributed by atoms with Gasteiger partial charge >= 0.3 is 0 Å². The van der Waals surface area contributed by atoms with E-state index in [1.165, 1.54) is 0 Å². The van der Waals surface area contributed by atoms with Gasteiger partial charge in [-0.1, -0.05) is 0 Å². The molecule has 0 saturated carbocycles. The Morgan fingerprint density at radius 3 is 2.69 bits per heavy atom. The van der Waals surface area contributed by atoms with Gasteiger partial charge in [0, 0.05) is 43.0 Å². The number of aromatic nitrogens is 1. The number of pyridine rings is 1. The predicted molar refractivity (Wildman–Crippen MR) is 98.5 cm³/mol. The lowest BCUT2D eigenvalue weighted by atomic mass is 9.93. The zero-order valence-corrected chi connectivity index (χ0v) is 15.2. The minimum atomic E-state index is -3.60. The highest BCUT2D eigenvalue weighted by Gasteiger charge is 2.22. The number of ether oxygens (including phenoxy) is 2. The highest BCUT2D eigenvalue weighted by molar-refractivity contribution is 7.87. The Labute approximate surface area is 152 Å². The van der Waals surface area contributed by atoms with E-state index in [1.807, 2.05) is 24.4 Å². The lowest BCUT2D eigenvalue weighted by molar-refractivity contribution is 0.174. The molecule has 1 saturated heterocycles. The van der Waals surface area contributed by atoms with Crippen LogP contribution in [0.3, 0.4) is 0 Å². The third-order valence-corrected chi connectivity index (χ3v) is 5.63. The van der Waals surface area contributed by atoms with Crippen molar-refractivity contribution in [2.75, 3.05) is 31.3 Å². The van der Waals surface area contributed by atoms with E-state index in [0.29, 0.717) is 12.5 Å². The average Bonchev–Trinajstić information content (AvgIpc) is 3.06. The first-order chi connectivity index (χ1) is 12.5. The summed E-state index contributed by atoms with van der Waals surface area (Å²) in [7, 11) is -3.60. The Morgan fingerprint density at radius 1 is 1.23 bits per heavy atom. The lowest BCUT2D eigenvalue weighted by Gasteiger charge is -2.34. The molecule has 0 atom stereocenters. The van der Waals surface area contributed by atoms with Gasteiger partial charge in [0.15, 0.2) is 11.5 Å². The van der Waals surface area contributed by atoms with Crippen molar-refractivity contribution in [3.8, 4) is 11.5 Å². The minimum Gasteiger partial charge on any atom is -0.454 e. The number of benzene rings is 1. The molecule has 0 radical (unpaired) electrons. The first kappa shape index (κ1) is 17.3. The molecule has 9 heteroatoms. The fourth-order valence-electron chi connectivity index (χ4n) is 3.66. The van der Waals surface area contributed by atoms with Gasteiger partial charge < -0.3 is 14.4 Å². The molecule has 1 fully saturated rings. The Kier molecular flexibility index (Phi) is 4.60. The van der Waals surface area contributed by atoms with Gasteiger partial charge in [-0.2, -0.15) is 8.42 Å². The predicted octanol–water partition coefficient (Wildman–Crippen LogP) is 1.36. The maximum atomic E-state index is 10.9.